The number of carbonyl (C=O) groups excluding carboxylic acids is 1. The van der Waals surface area contributed by atoms with Crippen molar-refractivity contribution < 1.29 is 18.9 Å². The second-order valence-electron chi connectivity index (χ2n) is 7.55. The van der Waals surface area contributed by atoms with E-state index in [4.69, 9.17) is 20.8 Å². The van der Waals surface area contributed by atoms with Crippen LogP contribution in [-0.4, -0.2) is 47.1 Å². The van der Waals surface area contributed by atoms with Gasteiger partial charge in [-0.2, -0.15) is 4.98 Å². The van der Waals surface area contributed by atoms with Gasteiger partial charge < -0.3 is 19.4 Å². The highest BCUT2D eigenvalue weighted by molar-refractivity contribution is 6.33. The first-order chi connectivity index (χ1) is 16.5. The molecule has 172 valence electrons. The van der Waals surface area contributed by atoms with Crippen molar-refractivity contribution in [2.45, 2.75) is 0 Å². The maximum atomic E-state index is 12.9. The summed E-state index contributed by atoms with van der Waals surface area (Å²) in [4.78, 5) is 34.5. The Labute approximate surface area is 198 Å². The van der Waals surface area contributed by atoms with Gasteiger partial charge in [-0.05, 0) is 42.5 Å². The summed E-state index contributed by atoms with van der Waals surface area (Å²) in [6.07, 6.45) is 1.61. The predicted octanol–water partition coefficient (Wildman–Crippen LogP) is 4.54. The maximum Gasteiger partial charge on any atom is 0.293 e. The van der Waals surface area contributed by atoms with Gasteiger partial charge in [-0.1, -0.05) is 11.6 Å². The van der Waals surface area contributed by atoms with Gasteiger partial charge in [-0.3, -0.25) is 14.9 Å². The number of hydrogen-bond donors (Lipinski definition) is 1. The Morgan fingerprint density at radius 3 is 2.74 bits per heavy atom. The standard InChI is InChI=1S/C23H18ClN5O5/c24-17-5-4-15(13-16(17)23-27-21-20(34-23)2-1-7-25-21)26-22(30)14-3-6-18(19(12-14)29(31)32)28-8-10-33-11-9-28/h1-7,12-13H,8-11H2,(H,26,30). The van der Waals surface area contributed by atoms with E-state index in [1.54, 1.807) is 48.7 Å². The molecule has 1 aliphatic heterocycles. The summed E-state index contributed by atoms with van der Waals surface area (Å²) in [5, 5.41) is 14.8. The van der Waals surface area contributed by atoms with Gasteiger partial charge in [0.2, 0.25) is 5.89 Å². The highest BCUT2D eigenvalue weighted by Crippen LogP contribution is 2.33. The van der Waals surface area contributed by atoms with Crippen molar-refractivity contribution >= 4 is 45.8 Å². The molecule has 11 heteroatoms. The lowest BCUT2D eigenvalue weighted by molar-refractivity contribution is -0.384. The van der Waals surface area contributed by atoms with Gasteiger partial charge in [0.15, 0.2) is 11.2 Å². The number of amides is 1. The molecular weight excluding hydrogens is 462 g/mol. The summed E-state index contributed by atoms with van der Waals surface area (Å²) in [5.41, 5.74) is 2.34. The van der Waals surface area contributed by atoms with Crippen LogP contribution < -0.4 is 10.2 Å². The third-order valence-corrected chi connectivity index (χ3v) is 5.74. The summed E-state index contributed by atoms with van der Waals surface area (Å²) in [6.45, 7) is 2.08. The van der Waals surface area contributed by atoms with Gasteiger partial charge in [0, 0.05) is 36.6 Å². The zero-order valence-electron chi connectivity index (χ0n) is 17.7. The van der Waals surface area contributed by atoms with Crippen LogP contribution in [0.25, 0.3) is 22.7 Å². The molecule has 0 atom stereocenters. The lowest BCUT2D eigenvalue weighted by Crippen LogP contribution is -2.36. The van der Waals surface area contributed by atoms with Crippen LogP contribution in [0.5, 0.6) is 0 Å². The van der Waals surface area contributed by atoms with Crippen LogP contribution >= 0.6 is 11.6 Å². The Hall–Kier alpha value is -4.02. The molecule has 2 aromatic heterocycles. The number of rotatable bonds is 5. The van der Waals surface area contributed by atoms with Crippen LogP contribution in [0.2, 0.25) is 5.02 Å². The van der Waals surface area contributed by atoms with Crippen molar-refractivity contribution in [2.75, 3.05) is 36.5 Å². The molecule has 1 saturated heterocycles. The SMILES string of the molecule is O=C(Nc1ccc(Cl)c(-c2nc3ncccc3o2)c1)c1ccc(N2CCOCC2)c([N+](=O)[O-])c1. The van der Waals surface area contributed by atoms with Crippen molar-refractivity contribution in [3.05, 3.63) is 75.4 Å². The number of halogens is 1. The van der Waals surface area contributed by atoms with Gasteiger partial charge in [-0.25, -0.2) is 4.98 Å². The van der Waals surface area contributed by atoms with Crippen molar-refractivity contribution in [3.63, 3.8) is 0 Å². The molecule has 1 N–H and O–H groups in total. The van der Waals surface area contributed by atoms with E-state index in [9.17, 15) is 14.9 Å². The number of oxazole rings is 1. The molecule has 1 fully saturated rings. The Bertz CT molecular complexity index is 1370. The fourth-order valence-electron chi connectivity index (χ4n) is 3.74. The number of pyridine rings is 1. The van der Waals surface area contributed by atoms with Crippen molar-refractivity contribution in [2.24, 2.45) is 0 Å². The number of anilines is 2. The molecule has 0 aliphatic carbocycles. The van der Waals surface area contributed by atoms with E-state index in [1.807, 2.05) is 4.90 Å². The lowest BCUT2D eigenvalue weighted by Gasteiger charge is -2.28. The number of hydrogen-bond acceptors (Lipinski definition) is 8. The number of nitrogens with one attached hydrogen (secondary N) is 1. The predicted molar refractivity (Wildman–Crippen MR) is 126 cm³/mol. The van der Waals surface area contributed by atoms with E-state index >= 15 is 0 Å². The summed E-state index contributed by atoms with van der Waals surface area (Å²) < 4.78 is 11.1. The van der Waals surface area contributed by atoms with Crippen LogP contribution in [0, 0.1) is 10.1 Å². The molecule has 1 aliphatic rings. The molecule has 0 unspecified atom stereocenters. The van der Waals surface area contributed by atoms with Crippen molar-refractivity contribution in [3.8, 4) is 11.5 Å². The second kappa shape index (κ2) is 9.08. The van der Waals surface area contributed by atoms with Crippen LogP contribution in [0.3, 0.4) is 0 Å². The molecule has 5 rings (SSSR count). The average Bonchev–Trinajstić information content (AvgIpc) is 3.29. The van der Waals surface area contributed by atoms with Crippen LogP contribution in [0.4, 0.5) is 17.1 Å². The summed E-state index contributed by atoms with van der Waals surface area (Å²) in [6, 6.07) is 12.8. The summed E-state index contributed by atoms with van der Waals surface area (Å²) in [7, 11) is 0. The quantitative estimate of drug-likeness (QED) is 0.327. The fourth-order valence-corrected chi connectivity index (χ4v) is 3.94. The van der Waals surface area contributed by atoms with E-state index in [2.05, 4.69) is 15.3 Å². The Morgan fingerprint density at radius 1 is 1.15 bits per heavy atom. The van der Waals surface area contributed by atoms with Crippen LogP contribution in [0.1, 0.15) is 10.4 Å². The highest BCUT2D eigenvalue weighted by Gasteiger charge is 2.23. The monoisotopic (exact) mass is 479 g/mol. The van der Waals surface area contributed by atoms with Gasteiger partial charge in [0.25, 0.3) is 11.6 Å². The van der Waals surface area contributed by atoms with Gasteiger partial charge >= 0.3 is 0 Å². The number of fused-ring (bicyclic) bond motifs is 1. The topological polar surface area (TPSA) is 124 Å². The third-order valence-electron chi connectivity index (χ3n) is 5.41. The maximum absolute atomic E-state index is 12.9. The van der Waals surface area contributed by atoms with Crippen LogP contribution in [0.15, 0.2) is 59.1 Å². The number of ether oxygens (including phenoxy) is 1. The van der Waals surface area contributed by atoms with E-state index in [-0.39, 0.29) is 17.1 Å². The number of benzene rings is 2. The van der Waals surface area contributed by atoms with E-state index in [1.165, 1.54) is 6.07 Å². The lowest BCUT2D eigenvalue weighted by atomic mass is 10.1. The Morgan fingerprint density at radius 2 is 1.97 bits per heavy atom. The molecule has 4 aromatic rings. The first-order valence-corrected chi connectivity index (χ1v) is 10.8. The van der Waals surface area contributed by atoms with Crippen molar-refractivity contribution in [1.29, 1.82) is 0 Å². The molecule has 10 nitrogen and oxygen atoms in total. The summed E-state index contributed by atoms with van der Waals surface area (Å²) >= 11 is 6.34. The molecule has 0 spiro atoms. The molecule has 34 heavy (non-hydrogen) atoms. The van der Waals surface area contributed by atoms with E-state index < -0.39 is 10.8 Å². The number of morpholine rings is 1. The van der Waals surface area contributed by atoms with Gasteiger partial charge in [-0.15, -0.1) is 0 Å². The minimum Gasteiger partial charge on any atom is -0.434 e. The highest BCUT2D eigenvalue weighted by atomic mass is 35.5. The van der Waals surface area contributed by atoms with Gasteiger partial charge in [0.05, 0.1) is 28.7 Å². The largest absolute Gasteiger partial charge is 0.434 e. The third kappa shape index (κ3) is 4.28. The number of nitro benzene ring substituents is 1. The minimum atomic E-state index is -0.496. The molecule has 2 aromatic carbocycles. The smallest absolute Gasteiger partial charge is 0.293 e. The molecule has 0 bridgehead atoms. The Balaban J connectivity index is 1.41. The first kappa shape index (κ1) is 21.8. The Kier molecular flexibility index (Phi) is 5.83. The minimum absolute atomic E-state index is 0.134. The van der Waals surface area contributed by atoms with E-state index in [0.29, 0.717) is 59.5 Å². The second-order valence-corrected chi connectivity index (χ2v) is 7.96. The zero-order valence-corrected chi connectivity index (χ0v) is 18.5. The number of nitrogens with zero attached hydrogens (tertiary/aromatic N) is 4. The number of carbonyl (C=O) groups is 1. The molecule has 0 saturated carbocycles. The molecule has 3 heterocycles. The van der Waals surface area contributed by atoms with E-state index in [0.717, 1.165) is 0 Å². The fraction of sp³-hybridized carbons (Fsp3) is 0.174. The zero-order chi connectivity index (χ0) is 23.7. The molecule has 0 radical (unpaired) electrons. The average molecular weight is 480 g/mol. The molecule has 1 amide bonds. The number of nitro groups is 1. The molecular formula is C23H18ClN5O5. The normalized spacial score (nSPS) is 13.7. The number of aromatic nitrogens is 2. The van der Waals surface area contributed by atoms with Gasteiger partial charge in [0.1, 0.15) is 5.69 Å². The van der Waals surface area contributed by atoms with Crippen LogP contribution in [-0.2, 0) is 4.74 Å². The first-order valence-electron chi connectivity index (χ1n) is 10.4. The summed E-state index contributed by atoms with van der Waals surface area (Å²) in [5.74, 6) is -0.232. The van der Waals surface area contributed by atoms with Crippen molar-refractivity contribution in [1.82, 2.24) is 9.97 Å².